The summed E-state index contributed by atoms with van der Waals surface area (Å²) in [7, 11) is 4.70. The van der Waals surface area contributed by atoms with Crippen molar-refractivity contribution >= 4 is 28.2 Å². The van der Waals surface area contributed by atoms with Crippen molar-refractivity contribution in [3.8, 4) is 34.1 Å². The third-order valence-electron chi connectivity index (χ3n) is 6.26. The van der Waals surface area contributed by atoms with Gasteiger partial charge in [-0.15, -0.1) is 0 Å². The summed E-state index contributed by atoms with van der Waals surface area (Å²) in [6, 6.07) is 14.6. The number of hydrogen-bond acceptors (Lipinski definition) is 7. The van der Waals surface area contributed by atoms with Crippen molar-refractivity contribution in [3.63, 3.8) is 0 Å². The highest BCUT2D eigenvalue weighted by atomic mass is 35.5. The summed E-state index contributed by atoms with van der Waals surface area (Å²) in [5.74, 6) is 1.79. The molecular formula is C28H24ClF2N5O3. The molecule has 39 heavy (non-hydrogen) atoms. The normalized spacial score (nSPS) is 11.2. The number of hydrogen-bond donors (Lipinski definition) is 1. The van der Waals surface area contributed by atoms with E-state index in [0.29, 0.717) is 45.6 Å². The van der Waals surface area contributed by atoms with Gasteiger partial charge in [0.1, 0.15) is 22.9 Å². The van der Waals surface area contributed by atoms with Crippen molar-refractivity contribution < 1.29 is 23.0 Å². The maximum atomic E-state index is 13.3. The molecule has 1 N–H and O–H groups in total. The topological polar surface area (TPSA) is 83.3 Å². The van der Waals surface area contributed by atoms with Gasteiger partial charge in [0.05, 0.1) is 50.5 Å². The van der Waals surface area contributed by atoms with Gasteiger partial charge in [-0.25, -0.2) is 13.5 Å². The van der Waals surface area contributed by atoms with E-state index in [2.05, 4.69) is 20.6 Å². The number of rotatable bonds is 9. The Kier molecular flexibility index (Phi) is 7.47. The Bertz CT molecular complexity index is 1640. The van der Waals surface area contributed by atoms with Crippen LogP contribution < -0.4 is 19.5 Å². The summed E-state index contributed by atoms with van der Waals surface area (Å²) < 4.78 is 44.3. The Morgan fingerprint density at radius 2 is 1.77 bits per heavy atom. The van der Waals surface area contributed by atoms with Crippen LogP contribution in [0.25, 0.3) is 27.7 Å². The summed E-state index contributed by atoms with van der Waals surface area (Å²) in [4.78, 5) is 0. The first-order valence-electron chi connectivity index (χ1n) is 11.8. The third kappa shape index (κ3) is 5.28. The maximum absolute atomic E-state index is 13.3. The second-order valence-electron chi connectivity index (χ2n) is 8.54. The SMILES string of the molecule is COc1ccc(CNc2cnnc3cc(-c4cc(Cl)cc(OC)c4-n4cc(C(F)F)cn4)ccc23)c(OC)c1. The summed E-state index contributed by atoms with van der Waals surface area (Å²) in [6.45, 7) is 0.483. The molecule has 0 saturated carbocycles. The van der Waals surface area contributed by atoms with Gasteiger partial charge >= 0.3 is 0 Å². The fraction of sp³-hybridized carbons (Fsp3) is 0.179. The molecular weight excluding hydrogens is 528 g/mol. The number of alkyl halides is 2. The second kappa shape index (κ2) is 11.1. The highest BCUT2D eigenvalue weighted by Gasteiger charge is 2.19. The third-order valence-corrected chi connectivity index (χ3v) is 6.48. The van der Waals surface area contributed by atoms with E-state index in [1.165, 1.54) is 18.0 Å². The molecule has 5 aromatic rings. The van der Waals surface area contributed by atoms with Gasteiger partial charge < -0.3 is 19.5 Å². The van der Waals surface area contributed by atoms with Gasteiger partial charge in [-0.1, -0.05) is 17.7 Å². The molecule has 0 fully saturated rings. The molecule has 0 spiro atoms. The number of fused-ring (bicyclic) bond motifs is 1. The van der Waals surface area contributed by atoms with Crippen molar-refractivity contribution in [1.29, 1.82) is 0 Å². The Morgan fingerprint density at radius 3 is 2.49 bits per heavy atom. The van der Waals surface area contributed by atoms with Crippen LogP contribution in [-0.2, 0) is 6.54 Å². The van der Waals surface area contributed by atoms with E-state index < -0.39 is 6.43 Å². The lowest BCUT2D eigenvalue weighted by Crippen LogP contribution is -2.04. The van der Waals surface area contributed by atoms with Crippen LogP contribution in [0.1, 0.15) is 17.6 Å². The van der Waals surface area contributed by atoms with Gasteiger partial charge in [0.15, 0.2) is 0 Å². The van der Waals surface area contributed by atoms with Crippen molar-refractivity contribution in [2.24, 2.45) is 0 Å². The molecule has 0 bridgehead atoms. The largest absolute Gasteiger partial charge is 0.497 e. The van der Waals surface area contributed by atoms with Crippen molar-refractivity contribution in [3.05, 3.63) is 83.3 Å². The number of aromatic nitrogens is 4. The smallest absolute Gasteiger partial charge is 0.266 e. The number of nitrogens with zero attached hydrogens (tertiary/aromatic N) is 4. The zero-order valence-electron chi connectivity index (χ0n) is 21.3. The van der Waals surface area contributed by atoms with Gasteiger partial charge in [0.25, 0.3) is 6.43 Å². The first kappa shape index (κ1) is 26.2. The average molecular weight is 552 g/mol. The molecule has 2 heterocycles. The van der Waals surface area contributed by atoms with Crippen molar-refractivity contribution in [2.75, 3.05) is 26.6 Å². The second-order valence-corrected chi connectivity index (χ2v) is 8.98. The highest BCUT2D eigenvalue weighted by Crippen LogP contribution is 2.39. The maximum Gasteiger partial charge on any atom is 0.266 e. The Balaban J connectivity index is 1.53. The van der Waals surface area contributed by atoms with Crippen LogP contribution in [0.4, 0.5) is 14.5 Å². The van der Waals surface area contributed by atoms with Gasteiger partial charge in [-0.2, -0.15) is 15.3 Å². The standard InChI is InChI=1S/C28H24ClF2N5O3/c1-37-20-6-4-17(25(11-20)38-2)12-32-24-14-33-35-23-8-16(5-7-21(23)24)22-9-19(29)10-26(39-3)27(22)36-15-18(13-34-36)28(30)31/h4-11,13-15,28H,12H2,1-3H3,(H,32,35). The van der Waals surface area contributed by atoms with Crippen LogP contribution in [0.15, 0.2) is 67.1 Å². The fourth-order valence-corrected chi connectivity index (χ4v) is 4.52. The van der Waals surface area contributed by atoms with Gasteiger partial charge in [-0.05, 0) is 35.9 Å². The average Bonchev–Trinajstić information content (AvgIpc) is 3.45. The lowest BCUT2D eigenvalue weighted by molar-refractivity contribution is 0.151. The van der Waals surface area contributed by atoms with Crippen LogP contribution >= 0.6 is 11.6 Å². The van der Waals surface area contributed by atoms with Crippen LogP contribution in [0, 0.1) is 0 Å². The molecule has 8 nitrogen and oxygen atoms in total. The number of nitrogens with one attached hydrogen (secondary N) is 1. The molecule has 0 saturated heterocycles. The summed E-state index contributed by atoms with van der Waals surface area (Å²) in [6.07, 6.45) is 1.40. The Labute approximate surface area is 228 Å². The summed E-state index contributed by atoms with van der Waals surface area (Å²) >= 11 is 6.39. The van der Waals surface area contributed by atoms with Crippen LogP contribution in [0.5, 0.6) is 17.2 Å². The van der Waals surface area contributed by atoms with Crippen LogP contribution in [0.3, 0.4) is 0 Å². The molecule has 200 valence electrons. The van der Waals surface area contributed by atoms with E-state index >= 15 is 0 Å². The van der Waals surface area contributed by atoms with Crippen LogP contribution in [0.2, 0.25) is 5.02 Å². The fourth-order valence-electron chi connectivity index (χ4n) is 4.32. The Morgan fingerprint density at radius 1 is 0.949 bits per heavy atom. The molecule has 0 amide bonds. The molecule has 2 aromatic heterocycles. The predicted molar refractivity (Wildman–Crippen MR) is 145 cm³/mol. The predicted octanol–water partition coefficient (Wildman–Crippen LogP) is 6.71. The molecule has 3 aromatic carbocycles. The van der Waals surface area contributed by atoms with Crippen LogP contribution in [-0.4, -0.2) is 41.3 Å². The zero-order valence-corrected chi connectivity index (χ0v) is 22.0. The zero-order chi connectivity index (χ0) is 27.5. The molecule has 0 aliphatic heterocycles. The molecule has 0 aliphatic carbocycles. The van der Waals surface area contributed by atoms with E-state index in [9.17, 15) is 8.78 Å². The number of ether oxygens (including phenoxy) is 3. The quantitative estimate of drug-likeness (QED) is 0.218. The van der Waals surface area contributed by atoms with Crippen molar-refractivity contribution in [2.45, 2.75) is 13.0 Å². The molecule has 11 heteroatoms. The number of anilines is 1. The number of benzene rings is 3. The first-order valence-corrected chi connectivity index (χ1v) is 12.2. The molecule has 0 atom stereocenters. The Hall–Kier alpha value is -4.44. The number of methoxy groups -OCH3 is 3. The molecule has 0 unspecified atom stereocenters. The van der Waals surface area contributed by atoms with Gasteiger partial charge in [0, 0.05) is 46.4 Å². The summed E-state index contributed by atoms with van der Waals surface area (Å²) in [5, 5.41) is 17.3. The van der Waals surface area contributed by atoms with Gasteiger partial charge in [0.2, 0.25) is 0 Å². The first-order chi connectivity index (χ1) is 18.9. The minimum atomic E-state index is -2.65. The molecule has 0 aliphatic rings. The van der Waals surface area contributed by atoms with E-state index in [1.54, 1.807) is 32.5 Å². The monoisotopic (exact) mass is 551 g/mol. The summed E-state index contributed by atoms with van der Waals surface area (Å²) in [5.41, 5.74) is 3.98. The van der Waals surface area contributed by atoms with Gasteiger partial charge in [-0.3, -0.25) is 0 Å². The van der Waals surface area contributed by atoms with E-state index in [1.807, 2.05) is 36.4 Å². The number of halogens is 3. The lowest BCUT2D eigenvalue weighted by Gasteiger charge is -2.16. The minimum Gasteiger partial charge on any atom is -0.497 e. The van der Waals surface area contributed by atoms with E-state index in [-0.39, 0.29) is 5.56 Å². The van der Waals surface area contributed by atoms with E-state index in [4.69, 9.17) is 25.8 Å². The molecule has 0 radical (unpaired) electrons. The lowest BCUT2D eigenvalue weighted by atomic mass is 10.0. The minimum absolute atomic E-state index is 0.202. The highest BCUT2D eigenvalue weighted by molar-refractivity contribution is 6.31. The van der Waals surface area contributed by atoms with Crippen molar-refractivity contribution in [1.82, 2.24) is 20.0 Å². The molecule has 5 rings (SSSR count). The van der Waals surface area contributed by atoms with E-state index in [0.717, 1.165) is 28.4 Å².